The van der Waals surface area contributed by atoms with E-state index in [0.717, 1.165) is 11.1 Å². The van der Waals surface area contributed by atoms with E-state index in [9.17, 15) is 9.90 Å². The molecule has 2 aromatic rings. The SMILES string of the molecule is CC(C)=C(C)CC1(O)c2ccccc2C(=O)c2c1noc2C. The van der Waals surface area contributed by atoms with E-state index in [1.807, 2.05) is 26.8 Å². The van der Waals surface area contributed by atoms with Crippen LogP contribution in [0.5, 0.6) is 0 Å². The van der Waals surface area contributed by atoms with E-state index in [1.165, 1.54) is 0 Å². The van der Waals surface area contributed by atoms with E-state index in [2.05, 4.69) is 5.16 Å². The van der Waals surface area contributed by atoms with E-state index in [-0.39, 0.29) is 5.78 Å². The second-order valence-corrected chi connectivity index (χ2v) is 6.15. The number of nitrogens with zero attached hydrogens (tertiary/aromatic N) is 1. The summed E-state index contributed by atoms with van der Waals surface area (Å²) in [7, 11) is 0. The summed E-state index contributed by atoms with van der Waals surface area (Å²) in [6, 6.07) is 7.17. The average Bonchev–Trinajstić information content (AvgIpc) is 2.88. The topological polar surface area (TPSA) is 63.3 Å². The number of aliphatic hydroxyl groups is 1. The zero-order valence-electron chi connectivity index (χ0n) is 13.2. The van der Waals surface area contributed by atoms with Gasteiger partial charge in [0.05, 0.1) is 5.56 Å². The zero-order chi connectivity index (χ0) is 16.1. The van der Waals surface area contributed by atoms with Gasteiger partial charge in [0.1, 0.15) is 17.1 Å². The highest BCUT2D eigenvalue weighted by Gasteiger charge is 2.46. The zero-order valence-corrected chi connectivity index (χ0v) is 13.2. The summed E-state index contributed by atoms with van der Waals surface area (Å²) < 4.78 is 5.21. The van der Waals surface area contributed by atoms with Crippen LogP contribution in [-0.4, -0.2) is 16.0 Å². The van der Waals surface area contributed by atoms with E-state index >= 15 is 0 Å². The third-order valence-corrected chi connectivity index (χ3v) is 4.47. The van der Waals surface area contributed by atoms with Crippen LogP contribution in [0.2, 0.25) is 0 Å². The number of rotatable bonds is 2. The van der Waals surface area contributed by atoms with Gasteiger partial charge in [-0.25, -0.2) is 0 Å². The third-order valence-electron chi connectivity index (χ3n) is 4.47. The van der Waals surface area contributed by atoms with Gasteiger partial charge in [0.15, 0.2) is 5.78 Å². The molecule has 114 valence electrons. The van der Waals surface area contributed by atoms with Gasteiger partial charge in [0, 0.05) is 17.5 Å². The average molecular weight is 297 g/mol. The van der Waals surface area contributed by atoms with E-state index in [0.29, 0.717) is 34.6 Å². The molecular formula is C18H19NO3. The normalized spacial score (nSPS) is 19.6. The first-order valence-corrected chi connectivity index (χ1v) is 7.32. The molecule has 0 saturated heterocycles. The van der Waals surface area contributed by atoms with Crippen molar-refractivity contribution in [3.05, 3.63) is 63.6 Å². The minimum Gasteiger partial charge on any atom is -0.378 e. The minimum atomic E-state index is -1.33. The van der Waals surface area contributed by atoms with Gasteiger partial charge in [0.2, 0.25) is 0 Å². The summed E-state index contributed by atoms with van der Waals surface area (Å²) in [4.78, 5) is 12.7. The lowest BCUT2D eigenvalue weighted by Gasteiger charge is -2.33. The predicted molar refractivity (Wildman–Crippen MR) is 82.8 cm³/mol. The Morgan fingerprint density at radius 1 is 1.27 bits per heavy atom. The number of aryl methyl sites for hydroxylation is 1. The molecule has 0 saturated carbocycles. The molecule has 22 heavy (non-hydrogen) atoms. The maximum absolute atomic E-state index is 12.7. The Morgan fingerprint density at radius 2 is 1.95 bits per heavy atom. The van der Waals surface area contributed by atoms with Crippen LogP contribution in [0, 0.1) is 6.92 Å². The van der Waals surface area contributed by atoms with E-state index < -0.39 is 5.60 Å². The van der Waals surface area contributed by atoms with Gasteiger partial charge in [-0.05, 0) is 27.7 Å². The third kappa shape index (κ3) is 1.95. The molecule has 4 nitrogen and oxygen atoms in total. The number of allylic oxidation sites excluding steroid dienone is 1. The van der Waals surface area contributed by atoms with Crippen molar-refractivity contribution in [1.29, 1.82) is 0 Å². The van der Waals surface area contributed by atoms with Crippen molar-refractivity contribution >= 4 is 5.78 Å². The number of ketones is 1. The smallest absolute Gasteiger partial charge is 0.199 e. The van der Waals surface area contributed by atoms with E-state index in [4.69, 9.17) is 4.52 Å². The number of hydrogen-bond donors (Lipinski definition) is 1. The fraction of sp³-hybridized carbons (Fsp3) is 0.333. The van der Waals surface area contributed by atoms with Crippen molar-refractivity contribution in [2.24, 2.45) is 0 Å². The van der Waals surface area contributed by atoms with Gasteiger partial charge in [-0.3, -0.25) is 4.79 Å². The summed E-state index contributed by atoms with van der Waals surface area (Å²) >= 11 is 0. The van der Waals surface area contributed by atoms with Crippen LogP contribution in [0.1, 0.15) is 60.1 Å². The maximum atomic E-state index is 12.7. The minimum absolute atomic E-state index is 0.135. The van der Waals surface area contributed by atoms with E-state index in [1.54, 1.807) is 25.1 Å². The quantitative estimate of drug-likeness (QED) is 0.862. The fourth-order valence-corrected chi connectivity index (χ4v) is 2.97. The lowest BCUT2D eigenvalue weighted by atomic mass is 9.74. The molecule has 0 fully saturated rings. The van der Waals surface area contributed by atoms with Gasteiger partial charge in [-0.2, -0.15) is 0 Å². The Hall–Kier alpha value is -2.20. The molecular weight excluding hydrogens is 278 g/mol. The number of carbonyl (C=O) groups is 1. The predicted octanol–water partition coefficient (Wildman–Crippen LogP) is 3.51. The Kier molecular flexibility index (Phi) is 3.29. The van der Waals surface area contributed by atoms with Crippen LogP contribution in [0.3, 0.4) is 0 Å². The molecule has 1 aliphatic carbocycles. The lowest BCUT2D eigenvalue weighted by molar-refractivity contribution is 0.0654. The Balaban J connectivity index is 2.29. The number of carbonyl (C=O) groups excluding carboxylic acids is 1. The summed E-state index contributed by atoms with van der Waals surface area (Å²) in [5.41, 5.74) is 2.71. The molecule has 0 radical (unpaired) electrons. The summed E-state index contributed by atoms with van der Waals surface area (Å²) in [5, 5.41) is 15.4. The molecule has 1 aliphatic rings. The van der Waals surface area contributed by atoms with Crippen molar-refractivity contribution in [2.75, 3.05) is 0 Å². The summed E-state index contributed by atoms with van der Waals surface area (Å²) in [5.74, 6) is 0.312. The molecule has 0 spiro atoms. The molecule has 3 rings (SSSR count). The van der Waals surface area contributed by atoms with Crippen LogP contribution >= 0.6 is 0 Å². The molecule has 1 heterocycles. The van der Waals surface area contributed by atoms with Crippen LogP contribution in [-0.2, 0) is 5.60 Å². The number of benzene rings is 1. The molecule has 1 N–H and O–H groups in total. The molecule has 4 heteroatoms. The molecule has 0 amide bonds. The van der Waals surface area contributed by atoms with Crippen molar-refractivity contribution in [3.63, 3.8) is 0 Å². The Bertz CT molecular complexity index is 796. The largest absolute Gasteiger partial charge is 0.378 e. The van der Waals surface area contributed by atoms with Crippen molar-refractivity contribution in [3.8, 4) is 0 Å². The number of aromatic nitrogens is 1. The maximum Gasteiger partial charge on any atom is 0.199 e. The highest BCUT2D eigenvalue weighted by atomic mass is 16.5. The molecule has 0 aliphatic heterocycles. The standard InChI is InChI=1S/C18H19NO3/c1-10(2)11(3)9-18(21)14-8-6-5-7-13(14)16(20)15-12(4)22-19-17(15)18/h5-8,21H,9H2,1-4H3. The van der Waals surface area contributed by atoms with Crippen molar-refractivity contribution in [1.82, 2.24) is 5.16 Å². The van der Waals surface area contributed by atoms with Gasteiger partial charge in [0.25, 0.3) is 0 Å². The highest BCUT2D eigenvalue weighted by molar-refractivity contribution is 6.13. The fourth-order valence-electron chi connectivity index (χ4n) is 2.97. The van der Waals surface area contributed by atoms with Crippen LogP contribution < -0.4 is 0 Å². The Labute approximate surface area is 129 Å². The highest BCUT2D eigenvalue weighted by Crippen LogP contribution is 2.44. The molecule has 1 unspecified atom stereocenters. The second kappa shape index (κ2) is 4.92. The van der Waals surface area contributed by atoms with Gasteiger partial charge in [-0.15, -0.1) is 0 Å². The monoisotopic (exact) mass is 297 g/mol. The van der Waals surface area contributed by atoms with Crippen molar-refractivity contribution < 1.29 is 14.4 Å². The first-order chi connectivity index (χ1) is 10.4. The van der Waals surface area contributed by atoms with Crippen LogP contribution in [0.25, 0.3) is 0 Å². The van der Waals surface area contributed by atoms with Gasteiger partial charge < -0.3 is 9.63 Å². The second-order valence-electron chi connectivity index (χ2n) is 6.15. The van der Waals surface area contributed by atoms with Gasteiger partial charge >= 0.3 is 0 Å². The first-order valence-electron chi connectivity index (χ1n) is 7.32. The molecule has 1 atom stereocenters. The van der Waals surface area contributed by atoms with Crippen LogP contribution in [0.15, 0.2) is 39.9 Å². The van der Waals surface area contributed by atoms with Gasteiger partial charge in [-0.1, -0.05) is 40.6 Å². The number of hydrogen-bond acceptors (Lipinski definition) is 4. The van der Waals surface area contributed by atoms with Crippen LogP contribution in [0.4, 0.5) is 0 Å². The molecule has 1 aromatic heterocycles. The molecule has 1 aromatic carbocycles. The Morgan fingerprint density at radius 3 is 2.64 bits per heavy atom. The number of fused-ring (bicyclic) bond motifs is 2. The first kappa shape index (κ1) is 14.7. The summed E-state index contributed by atoms with van der Waals surface area (Å²) in [6.45, 7) is 7.70. The van der Waals surface area contributed by atoms with Crippen molar-refractivity contribution in [2.45, 2.75) is 39.7 Å². The summed E-state index contributed by atoms with van der Waals surface area (Å²) in [6.07, 6.45) is 0.388. The molecule has 0 bridgehead atoms. The lowest BCUT2D eigenvalue weighted by Crippen LogP contribution is -2.36.